The van der Waals surface area contributed by atoms with E-state index >= 15 is 0 Å². The lowest BCUT2D eigenvalue weighted by molar-refractivity contribution is -0.142. The summed E-state index contributed by atoms with van der Waals surface area (Å²) in [6.07, 6.45) is 12.8. The van der Waals surface area contributed by atoms with Gasteiger partial charge < -0.3 is 85.2 Å². The lowest BCUT2D eigenvalue weighted by Crippen LogP contribution is -2.60. The number of H-pyrrole nitrogens is 4. The monoisotopic (exact) mass is 1060 g/mol. The zero-order valence-corrected chi connectivity index (χ0v) is 42.3. The summed E-state index contributed by atoms with van der Waals surface area (Å²) < 4.78 is 0. The number of carboxylic acids is 1. The number of aliphatic carboxylic acids is 1. The van der Waals surface area contributed by atoms with E-state index in [9.17, 15) is 43.5 Å². The summed E-state index contributed by atoms with van der Waals surface area (Å²) in [6.45, 7) is 0.442. The zero-order valence-electron chi connectivity index (χ0n) is 42.3. The Labute approximate surface area is 438 Å². The molecule has 27 nitrogen and oxygen atoms in total. The number of aromatic amines is 4. The van der Waals surface area contributed by atoms with E-state index in [1.807, 2.05) is 24.3 Å². The van der Waals surface area contributed by atoms with E-state index in [2.05, 4.69) is 72.1 Å². The molecule has 7 amide bonds. The van der Waals surface area contributed by atoms with Gasteiger partial charge in [-0.1, -0.05) is 18.2 Å². The minimum atomic E-state index is -1.39. The number of hydrogen-bond acceptors (Lipinski definition) is 15. The highest BCUT2D eigenvalue weighted by Gasteiger charge is 2.35. The van der Waals surface area contributed by atoms with Crippen LogP contribution >= 0.6 is 0 Å². The predicted octanol–water partition coefficient (Wildman–Crippen LogP) is -2.57. The van der Waals surface area contributed by atoms with Crippen LogP contribution in [-0.2, 0) is 64.0 Å². The molecule has 5 aromatic rings. The molecule has 0 aliphatic rings. The van der Waals surface area contributed by atoms with Gasteiger partial charge in [0.2, 0.25) is 41.4 Å². The fraction of sp³-hybridized carbons (Fsp3) is 0.490. The number of benzene rings is 1. The number of rotatable bonds is 35. The summed E-state index contributed by atoms with van der Waals surface area (Å²) in [5.41, 5.74) is 25.5. The van der Waals surface area contributed by atoms with Crippen LogP contribution in [0.4, 0.5) is 0 Å². The first kappa shape index (κ1) is 58.9. The Bertz CT molecular complexity index is 2610. The van der Waals surface area contributed by atoms with Gasteiger partial charge in [-0.2, -0.15) is 0 Å². The third kappa shape index (κ3) is 18.7. The van der Waals surface area contributed by atoms with Gasteiger partial charge in [0.1, 0.15) is 42.3 Å². The highest BCUT2D eigenvalue weighted by Crippen LogP contribution is 2.20. The highest BCUT2D eigenvalue weighted by molar-refractivity contribution is 5.98. The first-order valence-electron chi connectivity index (χ1n) is 25.4. The molecular formula is C49H72N18O9. The summed E-state index contributed by atoms with van der Waals surface area (Å²) in [4.78, 5) is 135. The van der Waals surface area contributed by atoms with Gasteiger partial charge >= 0.3 is 5.97 Å². The zero-order chi connectivity index (χ0) is 54.8. The van der Waals surface area contributed by atoms with E-state index in [0.717, 1.165) is 10.9 Å². The quantitative estimate of drug-likeness (QED) is 0.0186. The van der Waals surface area contributed by atoms with Crippen LogP contribution in [0.15, 0.2) is 68.0 Å². The largest absolute Gasteiger partial charge is 0.480 e. The van der Waals surface area contributed by atoms with Gasteiger partial charge in [0, 0.05) is 61.4 Å². The number of imidazole rings is 3. The Morgan fingerprint density at radius 2 is 0.829 bits per heavy atom. The number of aromatic nitrogens is 7. The number of carbonyl (C=O) groups is 8. The fourth-order valence-corrected chi connectivity index (χ4v) is 8.36. The van der Waals surface area contributed by atoms with Crippen LogP contribution in [0.1, 0.15) is 80.4 Å². The van der Waals surface area contributed by atoms with E-state index in [-0.39, 0.29) is 58.0 Å². The predicted molar refractivity (Wildman–Crippen MR) is 278 cm³/mol. The number of unbranched alkanes of at least 4 members (excludes halogenated alkanes) is 3. The molecular weight excluding hydrogens is 985 g/mol. The van der Waals surface area contributed by atoms with Crippen LogP contribution in [0.2, 0.25) is 0 Å². The van der Waals surface area contributed by atoms with Crippen LogP contribution in [0, 0.1) is 0 Å². The third-order valence-electron chi connectivity index (χ3n) is 12.5. The lowest BCUT2D eigenvalue weighted by Gasteiger charge is -2.28. The van der Waals surface area contributed by atoms with Gasteiger partial charge in [-0.3, -0.25) is 33.6 Å². The van der Waals surface area contributed by atoms with Gasteiger partial charge in [0.15, 0.2) is 0 Å². The maximum Gasteiger partial charge on any atom is 0.326 e. The molecule has 412 valence electrons. The van der Waals surface area contributed by atoms with E-state index in [0.29, 0.717) is 67.7 Å². The van der Waals surface area contributed by atoms with Crippen molar-refractivity contribution in [1.82, 2.24) is 72.1 Å². The van der Waals surface area contributed by atoms with Crippen molar-refractivity contribution in [2.45, 2.75) is 126 Å². The van der Waals surface area contributed by atoms with Crippen LogP contribution in [-0.4, -0.2) is 156 Å². The van der Waals surface area contributed by atoms with Crippen LogP contribution in [0.3, 0.4) is 0 Å². The van der Waals surface area contributed by atoms with Crippen LogP contribution < -0.4 is 60.2 Å². The molecule has 1 aromatic carbocycles. The van der Waals surface area contributed by atoms with Crippen molar-refractivity contribution < 1.29 is 43.5 Å². The van der Waals surface area contributed by atoms with Crippen LogP contribution in [0.5, 0.6) is 0 Å². The normalized spacial score (nSPS) is 14.0. The Morgan fingerprint density at radius 1 is 0.461 bits per heavy atom. The maximum absolute atomic E-state index is 14.5. The van der Waals surface area contributed by atoms with Crippen molar-refractivity contribution in [3.8, 4) is 0 Å². The summed E-state index contributed by atoms with van der Waals surface area (Å²) in [5.74, 6) is -6.58. The van der Waals surface area contributed by atoms with Crippen molar-refractivity contribution in [1.29, 1.82) is 0 Å². The molecule has 0 bridgehead atoms. The molecule has 0 unspecified atom stereocenters. The molecule has 0 fully saturated rings. The number of amides is 7. The molecule has 0 radical (unpaired) electrons. The maximum atomic E-state index is 14.5. The van der Waals surface area contributed by atoms with Crippen LogP contribution in [0.25, 0.3) is 10.9 Å². The Morgan fingerprint density at radius 3 is 1.20 bits per heavy atom. The summed E-state index contributed by atoms with van der Waals surface area (Å²) in [6, 6.07) is -1.80. The van der Waals surface area contributed by atoms with Crippen molar-refractivity contribution in [2.75, 3.05) is 26.2 Å². The van der Waals surface area contributed by atoms with Crippen molar-refractivity contribution in [2.24, 2.45) is 22.9 Å². The topological polar surface area (TPSA) is 447 Å². The molecule has 0 aliphatic heterocycles. The number of carbonyl (C=O) groups excluding carboxylic acids is 7. The van der Waals surface area contributed by atoms with E-state index in [1.165, 1.54) is 31.4 Å². The molecule has 0 aliphatic carbocycles. The lowest BCUT2D eigenvalue weighted by atomic mass is 10.0. The second-order valence-corrected chi connectivity index (χ2v) is 18.2. The van der Waals surface area contributed by atoms with Gasteiger partial charge in [0.25, 0.3) is 0 Å². The summed E-state index contributed by atoms with van der Waals surface area (Å²) in [5, 5.41) is 29.8. The number of fused-ring (bicyclic) bond motifs is 1. The fourth-order valence-electron chi connectivity index (χ4n) is 8.36. The number of nitrogens with one attached hydrogen (secondary N) is 11. The van der Waals surface area contributed by atoms with Gasteiger partial charge in [-0.05, 0) is 89.1 Å². The smallest absolute Gasteiger partial charge is 0.326 e. The van der Waals surface area contributed by atoms with Gasteiger partial charge in [-0.25, -0.2) is 19.7 Å². The second kappa shape index (κ2) is 31.0. The molecule has 4 aromatic heterocycles. The first-order valence-corrected chi connectivity index (χ1v) is 25.4. The summed E-state index contributed by atoms with van der Waals surface area (Å²) >= 11 is 0. The minimum Gasteiger partial charge on any atom is -0.480 e. The number of nitrogens with two attached hydrogens (primary N) is 4. The molecule has 5 rings (SSSR count). The number of hydrogen-bond donors (Lipinski definition) is 16. The molecule has 7 atom stereocenters. The molecule has 27 heteroatoms. The number of nitrogens with zero attached hydrogens (tertiary/aromatic N) is 3. The molecule has 0 spiro atoms. The molecule has 0 saturated heterocycles. The molecule has 4 heterocycles. The number of carboxylic acid groups (broad SMARTS) is 1. The molecule has 0 saturated carbocycles. The average Bonchev–Trinajstić information content (AvgIpc) is 4.28. The van der Waals surface area contributed by atoms with Crippen molar-refractivity contribution in [3.63, 3.8) is 0 Å². The standard InChI is InChI=1S/C49H72N18O9/c50-14-6-3-11-35(62-46(72)38(61-42(68)21-53)18-30-23-54-26-58-30)43(69)65-39(19-31-24-55-27-59-31)47(73)63-36(12-4-7-15-51)44(70)66-40(20-32-25-56-28-60-32)48(74)64-37(13-5-8-16-52)45(71)67-41(49(75)76)17-29-22-57-34-10-2-1-9-33(29)34/h1-2,9-10,22-28,35-41,57H,3-8,11-21,50-53H2,(H,54,58)(H,55,59)(H,56,60)(H,61,68)(H,62,72)(H,63,73)(H,64,74)(H,65,69)(H,66,70)(H,67,71)(H,75,76)/t35-,36-,37-,38-,39-,40-,41-/m0/s1. The second-order valence-electron chi connectivity index (χ2n) is 18.2. The van der Waals surface area contributed by atoms with Crippen molar-refractivity contribution in [3.05, 3.63) is 90.7 Å². The van der Waals surface area contributed by atoms with Gasteiger partial charge in [0.05, 0.1) is 42.6 Å². The minimum absolute atomic E-state index is 0.0365. The molecule has 20 N–H and O–H groups in total. The number of para-hydroxylation sites is 1. The SMILES string of the molecule is NCCCC[C@H](NC(=O)[C@H](Cc1c[nH]cn1)NC(=O)[C@H](CCCCN)NC(=O)[C@H](Cc1c[nH]cn1)NC(=O)[C@H](CCCCN)NC(=O)[C@H](Cc1c[nH]cn1)NC(=O)CN)C(=O)N[C@@H](Cc1c[nH]c2ccccc12)C(=O)O. The summed E-state index contributed by atoms with van der Waals surface area (Å²) in [7, 11) is 0. The highest BCUT2D eigenvalue weighted by atomic mass is 16.4. The average molecular weight is 1060 g/mol. The van der Waals surface area contributed by atoms with E-state index in [4.69, 9.17) is 22.9 Å². The van der Waals surface area contributed by atoms with E-state index < -0.39 is 96.2 Å². The Kier molecular flexibility index (Phi) is 24.0. The Hall–Kier alpha value is -8.01. The van der Waals surface area contributed by atoms with Crippen molar-refractivity contribution >= 4 is 58.2 Å². The third-order valence-corrected chi connectivity index (χ3v) is 12.5. The van der Waals surface area contributed by atoms with Gasteiger partial charge in [-0.15, -0.1) is 0 Å². The molecule has 76 heavy (non-hydrogen) atoms. The first-order chi connectivity index (χ1) is 36.7. The Balaban J connectivity index is 1.36. The van der Waals surface area contributed by atoms with E-state index in [1.54, 1.807) is 12.4 Å².